The molecule has 0 bridgehead atoms. The van der Waals surface area contributed by atoms with Gasteiger partial charge in [-0.15, -0.1) is 11.8 Å². The van der Waals surface area contributed by atoms with E-state index in [-0.39, 0.29) is 0 Å². The normalized spacial score (nSPS) is 29.6. The van der Waals surface area contributed by atoms with E-state index < -0.39 is 0 Å². The van der Waals surface area contributed by atoms with Crippen molar-refractivity contribution in [2.45, 2.75) is 37.6 Å². The first-order chi connectivity index (χ1) is 7.63. The third-order valence-electron chi connectivity index (χ3n) is 3.66. The molecule has 3 N–H and O–H groups in total. The number of thioether (sulfide) groups is 1. The zero-order chi connectivity index (χ0) is 11.7. The van der Waals surface area contributed by atoms with Crippen molar-refractivity contribution in [1.29, 1.82) is 0 Å². The number of nitrogens with one attached hydrogen (secondary N) is 1. The summed E-state index contributed by atoms with van der Waals surface area (Å²) in [4.78, 5) is 1.11. The first kappa shape index (κ1) is 12.0. The van der Waals surface area contributed by atoms with Crippen LogP contribution in [-0.4, -0.2) is 16.7 Å². The van der Waals surface area contributed by atoms with Crippen molar-refractivity contribution in [3.8, 4) is 0 Å². The number of aromatic nitrogens is 1. The van der Waals surface area contributed by atoms with Crippen LogP contribution in [0, 0.1) is 11.8 Å². The van der Waals surface area contributed by atoms with E-state index in [9.17, 15) is 0 Å². The van der Waals surface area contributed by atoms with Crippen LogP contribution in [0.4, 0.5) is 10.8 Å². The molecule has 1 aromatic heterocycles. The fourth-order valence-corrected chi connectivity index (χ4v) is 3.91. The van der Waals surface area contributed by atoms with Crippen molar-refractivity contribution < 1.29 is 0 Å². The van der Waals surface area contributed by atoms with Crippen molar-refractivity contribution >= 4 is 34.1 Å². The molecule has 1 aromatic rings. The minimum absolute atomic E-state index is 0.584. The molecule has 3 unspecified atom stereocenters. The molecule has 5 heteroatoms. The zero-order valence-electron chi connectivity index (χ0n) is 9.99. The Balaban J connectivity index is 2.09. The van der Waals surface area contributed by atoms with Gasteiger partial charge >= 0.3 is 0 Å². The smallest absolute Gasteiger partial charge is 0.153 e. The molecule has 1 heterocycles. The van der Waals surface area contributed by atoms with E-state index in [0.717, 1.165) is 21.7 Å². The highest BCUT2D eigenvalue weighted by Crippen LogP contribution is 2.39. The molecule has 2 rings (SSSR count). The monoisotopic (exact) mass is 257 g/mol. The number of hydrogen-bond donors (Lipinski definition) is 2. The van der Waals surface area contributed by atoms with Crippen LogP contribution in [0.1, 0.15) is 26.7 Å². The lowest BCUT2D eigenvalue weighted by Crippen LogP contribution is -2.23. The highest BCUT2D eigenvalue weighted by atomic mass is 32.2. The summed E-state index contributed by atoms with van der Waals surface area (Å²) in [7, 11) is 0. The molecule has 0 aliphatic heterocycles. The molecule has 16 heavy (non-hydrogen) atoms. The van der Waals surface area contributed by atoms with E-state index in [4.69, 9.17) is 5.73 Å². The second-order valence-electron chi connectivity index (χ2n) is 4.59. The topological polar surface area (TPSA) is 50.9 Å². The number of hydrogen-bond acceptors (Lipinski definition) is 5. The summed E-state index contributed by atoms with van der Waals surface area (Å²) in [5, 5.41) is 4.77. The minimum Gasteiger partial charge on any atom is -0.382 e. The van der Waals surface area contributed by atoms with Gasteiger partial charge in [-0.2, -0.15) is 4.37 Å². The molecule has 1 saturated carbocycles. The average Bonchev–Trinajstić information content (AvgIpc) is 2.76. The second kappa shape index (κ2) is 4.84. The SMILES string of the molecule is CSc1c(N)nsc1NC1CCC(C)C1C. The molecule has 0 amide bonds. The number of rotatable bonds is 3. The molecule has 1 fully saturated rings. The Morgan fingerprint density at radius 1 is 1.44 bits per heavy atom. The largest absolute Gasteiger partial charge is 0.382 e. The first-order valence-corrected chi connectivity index (χ1v) is 7.69. The maximum absolute atomic E-state index is 5.83. The minimum atomic E-state index is 0.584. The molecule has 90 valence electrons. The fraction of sp³-hybridized carbons (Fsp3) is 0.727. The number of nitrogens with zero attached hydrogens (tertiary/aromatic N) is 1. The van der Waals surface area contributed by atoms with E-state index >= 15 is 0 Å². The van der Waals surface area contributed by atoms with Gasteiger partial charge in [0, 0.05) is 6.04 Å². The van der Waals surface area contributed by atoms with Crippen LogP contribution in [0.5, 0.6) is 0 Å². The van der Waals surface area contributed by atoms with Crippen molar-refractivity contribution in [1.82, 2.24) is 4.37 Å². The fourth-order valence-electron chi connectivity index (χ4n) is 2.32. The van der Waals surface area contributed by atoms with E-state index in [1.54, 1.807) is 11.8 Å². The standard InChI is InChI=1S/C11H19N3S2/c1-6-4-5-8(7(6)2)13-11-9(15-3)10(12)14-16-11/h6-8,13H,4-5H2,1-3H3,(H2,12,14). The summed E-state index contributed by atoms with van der Waals surface area (Å²) in [6.45, 7) is 4.67. The quantitative estimate of drug-likeness (QED) is 0.816. The third kappa shape index (κ3) is 2.15. The van der Waals surface area contributed by atoms with Crippen molar-refractivity contribution in [3.05, 3.63) is 0 Å². The Labute approximate surface area is 105 Å². The van der Waals surface area contributed by atoms with Gasteiger partial charge in [-0.3, -0.25) is 0 Å². The summed E-state index contributed by atoms with van der Waals surface area (Å²) in [5.41, 5.74) is 5.83. The predicted molar refractivity (Wildman–Crippen MR) is 73.3 cm³/mol. The Morgan fingerprint density at radius 2 is 2.19 bits per heavy atom. The lowest BCUT2D eigenvalue weighted by atomic mass is 9.98. The van der Waals surface area contributed by atoms with Gasteiger partial charge in [0.15, 0.2) is 5.82 Å². The predicted octanol–water partition coefficient (Wildman–Crippen LogP) is 3.29. The van der Waals surface area contributed by atoms with Gasteiger partial charge in [-0.1, -0.05) is 13.8 Å². The Kier molecular flexibility index (Phi) is 3.64. The lowest BCUT2D eigenvalue weighted by molar-refractivity contribution is 0.435. The molecule has 3 nitrogen and oxygen atoms in total. The van der Waals surface area contributed by atoms with Crippen molar-refractivity contribution in [2.24, 2.45) is 11.8 Å². The summed E-state index contributed by atoms with van der Waals surface area (Å²) in [6, 6.07) is 0.584. The van der Waals surface area contributed by atoms with Crippen LogP contribution in [0.2, 0.25) is 0 Å². The Bertz CT molecular complexity index is 364. The van der Waals surface area contributed by atoms with Crippen LogP contribution in [0.15, 0.2) is 4.90 Å². The van der Waals surface area contributed by atoms with Crippen LogP contribution < -0.4 is 11.1 Å². The lowest BCUT2D eigenvalue weighted by Gasteiger charge is -2.20. The molecule has 0 saturated heterocycles. The zero-order valence-corrected chi connectivity index (χ0v) is 11.6. The van der Waals surface area contributed by atoms with E-state index in [2.05, 4.69) is 23.5 Å². The molecular formula is C11H19N3S2. The number of nitrogen functional groups attached to an aromatic ring is 1. The van der Waals surface area contributed by atoms with Gasteiger partial charge in [0.05, 0.1) is 4.90 Å². The van der Waals surface area contributed by atoms with Gasteiger partial charge in [-0.25, -0.2) is 0 Å². The van der Waals surface area contributed by atoms with Crippen LogP contribution >= 0.6 is 23.3 Å². The van der Waals surface area contributed by atoms with Gasteiger partial charge in [0.1, 0.15) is 5.00 Å². The Morgan fingerprint density at radius 3 is 2.75 bits per heavy atom. The maximum Gasteiger partial charge on any atom is 0.153 e. The molecule has 1 aliphatic rings. The van der Waals surface area contributed by atoms with Crippen molar-refractivity contribution in [2.75, 3.05) is 17.3 Å². The molecule has 3 atom stereocenters. The van der Waals surface area contributed by atoms with Crippen LogP contribution in [0.3, 0.4) is 0 Å². The van der Waals surface area contributed by atoms with Crippen LogP contribution in [0.25, 0.3) is 0 Å². The van der Waals surface area contributed by atoms with Gasteiger partial charge in [0.25, 0.3) is 0 Å². The summed E-state index contributed by atoms with van der Waals surface area (Å²) >= 11 is 3.16. The van der Waals surface area contributed by atoms with Gasteiger partial charge in [-0.05, 0) is 42.5 Å². The molecule has 0 radical (unpaired) electrons. The van der Waals surface area contributed by atoms with Gasteiger partial charge in [0.2, 0.25) is 0 Å². The summed E-state index contributed by atoms with van der Waals surface area (Å²) in [6.07, 6.45) is 4.63. The highest BCUT2D eigenvalue weighted by Gasteiger charge is 2.30. The van der Waals surface area contributed by atoms with E-state index in [1.165, 1.54) is 24.4 Å². The number of nitrogens with two attached hydrogens (primary N) is 1. The van der Waals surface area contributed by atoms with Crippen molar-refractivity contribution in [3.63, 3.8) is 0 Å². The summed E-state index contributed by atoms with van der Waals surface area (Å²) < 4.78 is 4.21. The Hall–Kier alpha value is -0.420. The van der Waals surface area contributed by atoms with E-state index in [1.807, 2.05) is 6.26 Å². The highest BCUT2D eigenvalue weighted by molar-refractivity contribution is 7.99. The van der Waals surface area contributed by atoms with E-state index in [0.29, 0.717) is 11.9 Å². The molecule has 0 aromatic carbocycles. The second-order valence-corrected chi connectivity index (χ2v) is 6.18. The molecule has 0 spiro atoms. The first-order valence-electron chi connectivity index (χ1n) is 5.69. The summed E-state index contributed by atoms with van der Waals surface area (Å²) in [5.74, 6) is 2.22. The average molecular weight is 257 g/mol. The number of anilines is 2. The molecule has 1 aliphatic carbocycles. The third-order valence-corrected chi connectivity index (χ3v) is 5.40. The maximum atomic E-state index is 5.83. The molecular weight excluding hydrogens is 238 g/mol. The van der Waals surface area contributed by atoms with Gasteiger partial charge < -0.3 is 11.1 Å². The van der Waals surface area contributed by atoms with Crippen LogP contribution in [-0.2, 0) is 0 Å².